The predicted octanol–water partition coefficient (Wildman–Crippen LogP) is 3.30. The molecule has 4 rings (SSSR count). The first-order valence-electron chi connectivity index (χ1n) is 9.88. The Morgan fingerprint density at radius 3 is 2.90 bits per heavy atom. The predicted molar refractivity (Wildman–Crippen MR) is 115 cm³/mol. The Labute approximate surface area is 177 Å². The van der Waals surface area contributed by atoms with Gasteiger partial charge in [-0.1, -0.05) is 25.4 Å². The molecule has 0 radical (unpaired) electrons. The van der Waals surface area contributed by atoms with Gasteiger partial charge in [0.15, 0.2) is 0 Å². The van der Waals surface area contributed by atoms with E-state index in [2.05, 4.69) is 10.4 Å². The van der Waals surface area contributed by atoms with Crippen LogP contribution in [0.15, 0.2) is 16.9 Å². The van der Waals surface area contributed by atoms with E-state index in [0.717, 1.165) is 29.5 Å². The maximum atomic E-state index is 13.0. The standard InChI is InChI=1S/C20H25ClN4O3S/c1-11(2)18-23-24(10-17(26)22-12-5-4-6-20(3,28)9-12)19(27)14-7-15-13(25(14)18)8-16(21)29-15/h7-8,11-12,28H,4-6,9-10H2,1-3H3,(H,22,26)/t12-,20-/m1/s1. The summed E-state index contributed by atoms with van der Waals surface area (Å²) in [4.78, 5) is 25.6. The van der Waals surface area contributed by atoms with Crippen LogP contribution in [-0.4, -0.2) is 36.8 Å². The van der Waals surface area contributed by atoms with Crippen LogP contribution in [0, 0.1) is 0 Å². The van der Waals surface area contributed by atoms with Crippen molar-refractivity contribution >= 4 is 44.6 Å². The molecule has 0 saturated heterocycles. The normalized spacial score (nSPS) is 22.6. The molecular weight excluding hydrogens is 412 g/mol. The van der Waals surface area contributed by atoms with Gasteiger partial charge in [0, 0.05) is 12.0 Å². The van der Waals surface area contributed by atoms with Gasteiger partial charge in [0.25, 0.3) is 5.56 Å². The summed E-state index contributed by atoms with van der Waals surface area (Å²) in [5, 5.41) is 17.7. The Morgan fingerprint density at radius 1 is 1.45 bits per heavy atom. The Morgan fingerprint density at radius 2 is 2.21 bits per heavy atom. The van der Waals surface area contributed by atoms with Crippen LogP contribution < -0.4 is 10.9 Å². The van der Waals surface area contributed by atoms with Crippen molar-refractivity contribution in [2.45, 2.75) is 70.6 Å². The molecule has 3 aromatic rings. The number of amides is 1. The van der Waals surface area contributed by atoms with E-state index in [0.29, 0.717) is 22.1 Å². The van der Waals surface area contributed by atoms with Crippen molar-refractivity contribution in [3.8, 4) is 0 Å². The topological polar surface area (TPSA) is 88.6 Å². The molecule has 1 amide bonds. The average molecular weight is 437 g/mol. The van der Waals surface area contributed by atoms with Crippen LogP contribution in [-0.2, 0) is 11.3 Å². The van der Waals surface area contributed by atoms with Crippen LogP contribution >= 0.6 is 22.9 Å². The maximum absolute atomic E-state index is 13.0. The lowest BCUT2D eigenvalue weighted by Gasteiger charge is -2.34. The SMILES string of the molecule is CC(C)c1nn(CC(=O)N[C@@H]2CCC[C@@](C)(O)C2)c(=O)c2cc3sc(Cl)cc3n12. The molecule has 0 aromatic carbocycles. The lowest BCUT2D eigenvalue weighted by atomic mass is 9.83. The van der Waals surface area contributed by atoms with Crippen molar-refractivity contribution in [3.05, 3.63) is 32.6 Å². The molecule has 9 heteroatoms. The second-order valence-corrected chi connectivity index (χ2v) is 10.2. The van der Waals surface area contributed by atoms with E-state index >= 15 is 0 Å². The summed E-state index contributed by atoms with van der Waals surface area (Å²) in [6.07, 6.45) is 2.95. The van der Waals surface area contributed by atoms with Crippen LogP contribution in [0.25, 0.3) is 15.7 Å². The minimum Gasteiger partial charge on any atom is -0.390 e. The van der Waals surface area contributed by atoms with Crippen molar-refractivity contribution in [1.29, 1.82) is 0 Å². The second kappa shape index (κ2) is 7.41. The van der Waals surface area contributed by atoms with Gasteiger partial charge in [0.05, 0.1) is 20.2 Å². The van der Waals surface area contributed by atoms with Gasteiger partial charge < -0.3 is 10.4 Å². The fourth-order valence-electron chi connectivity index (χ4n) is 4.19. The molecule has 0 bridgehead atoms. The van der Waals surface area contributed by atoms with Gasteiger partial charge in [0.2, 0.25) is 5.91 Å². The molecule has 0 spiro atoms. The van der Waals surface area contributed by atoms with E-state index < -0.39 is 5.60 Å². The van der Waals surface area contributed by atoms with Crippen molar-refractivity contribution in [3.63, 3.8) is 0 Å². The summed E-state index contributed by atoms with van der Waals surface area (Å²) >= 11 is 7.56. The number of fused-ring (bicyclic) bond motifs is 3. The molecule has 0 unspecified atom stereocenters. The number of aromatic nitrogens is 3. The van der Waals surface area contributed by atoms with E-state index in [1.165, 1.54) is 16.0 Å². The molecule has 3 aromatic heterocycles. The highest BCUT2D eigenvalue weighted by Gasteiger charge is 2.30. The number of hydrogen-bond acceptors (Lipinski definition) is 5. The Kier molecular flexibility index (Phi) is 5.21. The monoisotopic (exact) mass is 436 g/mol. The van der Waals surface area contributed by atoms with Crippen molar-refractivity contribution in [2.24, 2.45) is 0 Å². The summed E-state index contributed by atoms with van der Waals surface area (Å²) in [5.74, 6) is 0.491. The Bertz CT molecular complexity index is 1140. The molecule has 3 heterocycles. The molecule has 7 nitrogen and oxygen atoms in total. The zero-order chi connectivity index (χ0) is 20.9. The summed E-state index contributed by atoms with van der Waals surface area (Å²) in [6, 6.07) is 3.57. The van der Waals surface area contributed by atoms with Gasteiger partial charge in [0.1, 0.15) is 17.9 Å². The van der Waals surface area contributed by atoms with E-state index in [1.807, 2.05) is 30.4 Å². The van der Waals surface area contributed by atoms with Crippen molar-refractivity contribution < 1.29 is 9.90 Å². The van der Waals surface area contributed by atoms with Crippen LogP contribution in [0.4, 0.5) is 0 Å². The van der Waals surface area contributed by atoms with Gasteiger partial charge >= 0.3 is 0 Å². The van der Waals surface area contributed by atoms with Crippen LogP contribution in [0.3, 0.4) is 0 Å². The third-order valence-corrected chi connectivity index (χ3v) is 6.69. The Balaban J connectivity index is 1.66. The number of halogens is 1. The number of aliphatic hydroxyl groups is 1. The summed E-state index contributed by atoms with van der Waals surface area (Å²) in [6.45, 7) is 5.65. The first kappa shape index (κ1) is 20.4. The highest BCUT2D eigenvalue weighted by atomic mass is 35.5. The quantitative estimate of drug-likeness (QED) is 0.656. The first-order valence-corrected chi connectivity index (χ1v) is 11.1. The van der Waals surface area contributed by atoms with E-state index in [1.54, 1.807) is 6.92 Å². The molecule has 1 aliphatic rings. The van der Waals surface area contributed by atoms with E-state index in [-0.39, 0.29) is 30.0 Å². The third-order valence-electron chi connectivity index (χ3n) is 5.49. The average Bonchev–Trinajstić information content (AvgIpc) is 3.12. The van der Waals surface area contributed by atoms with Gasteiger partial charge in [-0.3, -0.25) is 14.0 Å². The molecule has 156 valence electrons. The van der Waals surface area contributed by atoms with Gasteiger partial charge in [-0.15, -0.1) is 11.3 Å². The molecular formula is C20H25ClN4O3S. The van der Waals surface area contributed by atoms with Crippen LogP contribution in [0.5, 0.6) is 0 Å². The molecule has 0 aliphatic heterocycles. The lowest BCUT2D eigenvalue weighted by molar-refractivity contribution is -0.123. The number of carbonyl (C=O) groups excluding carboxylic acids is 1. The fourth-order valence-corrected chi connectivity index (χ4v) is 5.35. The second-order valence-electron chi connectivity index (χ2n) is 8.50. The lowest BCUT2D eigenvalue weighted by Crippen LogP contribution is -2.46. The van der Waals surface area contributed by atoms with Gasteiger partial charge in [-0.2, -0.15) is 5.10 Å². The van der Waals surface area contributed by atoms with Gasteiger partial charge in [-0.25, -0.2) is 4.68 Å². The zero-order valence-electron chi connectivity index (χ0n) is 16.7. The smallest absolute Gasteiger partial charge is 0.291 e. The maximum Gasteiger partial charge on any atom is 0.291 e. The molecule has 1 aliphatic carbocycles. The number of carbonyl (C=O) groups is 1. The number of hydrogen-bond donors (Lipinski definition) is 2. The van der Waals surface area contributed by atoms with Crippen LogP contribution in [0.1, 0.15) is 58.2 Å². The highest BCUT2D eigenvalue weighted by molar-refractivity contribution is 7.22. The summed E-state index contributed by atoms with van der Waals surface area (Å²) in [5.41, 5.74) is 0.299. The minimum atomic E-state index is -0.756. The number of nitrogens with one attached hydrogen (secondary N) is 1. The number of rotatable bonds is 4. The van der Waals surface area contributed by atoms with Crippen LogP contribution in [0.2, 0.25) is 4.34 Å². The Hall–Kier alpha value is -1.90. The van der Waals surface area contributed by atoms with Gasteiger partial charge in [-0.05, 0) is 44.7 Å². The summed E-state index contributed by atoms with van der Waals surface area (Å²) < 4.78 is 4.66. The van der Waals surface area contributed by atoms with Crippen molar-refractivity contribution in [1.82, 2.24) is 19.5 Å². The molecule has 1 fully saturated rings. The fraction of sp³-hybridized carbons (Fsp3) is 0.550. The highest BCUT2D eigenvalue weighted by Crippen LogP contribution is 2.32. The first-order chi connectivity index (χ1) is 13.6. The molecule has 2 atom stereocenters. The molecule has 1 saturated carbocycles. The van der Waals surface area contributed by atoms with Crippen molar-refractivity contribution in [2.75, 3.05) is 0 Å². The minimum absolute atomic E-state index is 0.0510. The van der Waals surface area contributed by atoms with E-state index in [4.69, 9.17) is 11.6 Å². The third kappa shape index (κ3) is 3.93. The zero-order valence-corrected chi connectivity index (χ0v) is 18.3. The largest absolute Gasteiger partial charge is 0.390 e. The van der Waals surface area contributed by atoms with E-state index in [9.17, 15) is 14.7 Å². The molecule has 2 N–H and O–H groups in total. The summed E-state index contributed by atoms with van der Waals surface area (Å²) in [7, 11) is 0. The number of nitrogens with zero attached hydrogens (tertiary/aromatic N) is 3. The molecule has 29 heavy (non-hydrogen) atoms. The number of thiophene rings is 1.